The van der Waals surface area contributed by atoms with E-state index in [0.717, 1.165) is 11.8 Å². The SMILES string of the molecule is CS(=O)(=O)Nc1cccc(CCCC(=O)O)c1. The lowest BCUT2D eigenvalue weighted by Gasteiger charge is -2.06. The van der Waals surface area contributed by atoms with Crippen LogP contribution in [0.25, 0.3) is 0 Å². The molecule has 5 nitrogen and oxygen atoms in total. The van der Waals surface area contributed by atoms with Gasteiger partial charge in [-0.1, -0.05) is 12.1 Å². The van der Waals surface area contributed by atoms with Gasteiger partial charge in [-0.05, 0) is 30.5 Å². The quantitative estimate of drug-likeness (QED) is 0.808. The van der Waals surface area contributed by atoms with Gasteiger partial charge in [0.15, 0.2) is 0 Å². The van der Waals surface area contributed by atoms with Crippen molar-refractivity contribution in [3.05, 3.63) is 29.8 Å². The number of rotatable bonds is 6. The van der Waals surface area contributed by atoms with Crippen LogP contribution in [-0.4, -0.2) is 25.7 Å². The molecule has 0 saturated heterocycles. The predicted molar refractivity (Wildman–Crippen MR) is 65.5 cm³/mol. The molecular formula is C11H15NO4S. The maximum absolute atomic E-state index is 11.0. The van der Waals surface area contributed by atoms with Crippen LogP contribution in [0.15, 0.2) is 24.3 Å². The van der Waals surface area contributed by atoms with Crippen molar-refractivity contribution < 1.29 is 18.3 Å². The smallest absolute Gasteiger partial charge is 0.303 e. The molecule has 0 aromatic heterocycles. The van der Waals surface area contributed by atoms with Crippen LogP contribution in [0, 0.1) is 0 Å². The van der Waals surface area contributed by atoms with E-state index < -0.39 is 16.0 Å². The molecule has 0 aliphatic heterocycles. The Morgan fingerprint density at radius 2 is 2.12 bits per heavy atom. The van der Waals surface area contributed by atoms with Crippen molar-refractivity contribution in [3.8, 4) is 0 Å². The summed E-state index contributed by atoms with van der Waals surface area (Å²) in [6.07, 6.45) is 2.36. The first kappa shape index (κ1) is 13.5. The van der Waals surface area contributed by atoms with E-state index >= 15 is 0 Å². The fourth-order valence-corrected chi connectivity index (χ4v) is 2.00. The molecule has 0 radical (unpaired) electrons. The van der Waals surface area contributed by atoms with Gasteiger partial charge in [-0.3, -0.25) is 9.52 Å². The fourth-order valence-electron chi connectivity index (χ4n) is 1.45. The largest absolute Gasteiger partial charge is 0.481 e. The minimum atomic E-state index is -3.27. The van der Waals surface area contributed by atoms with Crippen LogP contribution in [0.4, 0.5) is 5.69 Å². The van der Waals surface area contributed by atoms with E-state index in [9.17, 15) is 13.2 Å². The molecule has 17 heavy (non-hydrogen) atoms. The molecular weight excluding hydrogens is 242 g/mol. The van der Waals surface area contributed by atoms with Gasteiger partial charge in [0.25, 0.3) is 0 Å². The topological polar surface area (TPSA) is 83.5 Å². The van der Waals surface area contributed by atoms with E-state index in [1.807, 2.05) is 6.07 Å². The number of benzene rings is 1. The maximum Gasteiger partial charge on any atom is 0.303 e. The van der Waals surface area contributed by atoms with Crippen molar-refractivity contribution in [2.75, 3.05) is 11.0 Å². The second-order valence-electron chi connectivity index (χ2n) is 3.82. The number of carboxylic acid groups (broad SMARTS) is 1. The molecule has 0 amide bonds. The second kappa shape index (κ2) is 5.67. The van der Waals surface area contributed by atoms with Crippen molar-refractivity contribution in [2.24, 2.45) is 0 Å². The summed E-state index contributed by atoms with van der Waals surface area (Å²) in [5, 5.41) is 8.51. The van der Waals surface area contributed by atoms with Crippen molar-refractivity contribution in [1.29, 1.82) is 0 Å². The normalized spacial score (nSPS) is 11.1. The first-order valence-electron chi connectivity index (χ1n) is 5.15. The summed E-state index contributed by atoms with van der Waals surface area (Å²) in [5.41, 5.74) is 1.42. The summed E-state index contributed by atoms with van der Waals surface area (Å²) in [4.78, 5) is 10.4. The highest BCUT2D eigenvalue weighted by Crippen LogP contribution is 2.13. The molecule has 0 spiro atoms. The molecule has 1 aromatic carbocycles. The van der Waals surface area contributed by atoms with E-state index in [4.69, 9.17) is 5.11 Å². The van der Waals surface area contributed by atoms with Crippen LogP contribution < -0.4 is 4.72 Å². The van der Waals surface area contributed by atoms with E-state index in [-0.39, 0.29) is 6.42 Å². The average molecular weight is 257 g/mol. The Bertz CT molecular complexity index is 496. The van der Waals surface area contributed by atoms with Gasteiger partial charge in [-0.15, -0.1) is 0 Å². The zero-order valence-electron chi connectivity index (χ0n) is 9.51. The molecule has 0 fully saturated rings. The van der Waals surface area contributed by atoms with Crippen LogP contribution >= 0.6 is 0 Å². The number of nitrogens with one attached hydrogen (secondary N) is 1. The van der Waals surface area contributed by atoms with Crippen molar-refractivity contribution >= 4 is 21.7 Å². The van der Waals surface area contributed by atoms with Gasteiger partial charge in [0.2, 0.25) is 10.0 Å². The number of aryl methyl sites for hydroxylation is 1. The molecule has 1 aromatic rings. The van der Waals surface area contributed by atoms with Crippen molar-refractivity contribution in [2.45, 2.75) is 19.3 Å². The third kappa shape index (κ3) is 5.91. The van der Waals surface area contributed by atoms with E-state index in [0.29, 0.717) is 18.5 Å². The van der Waals surface area contributed by atoms with E-state index in [1.165, 1.54) is 0 Å². The first-order valence-corrected chi connectivity index (χ1v) is 7.04. The van der Waals surface area contributed by atoms with Gasteiger partial charge < -0.3 is 5.11 Å². The zero-order valence-corrected chi connectivity index (χ0v) is 10.3. The van der Waals surface area contributed by atoms with Crippen molar-refractivity contribution in [3.63, 3.8) is 0 Å². The van der Waals surface area contributed by atoms with Crippen LogP contribution in [0.2, 0.25) is 0 Å². The standard InChI is InChI=1S/C11H15NO4S/c1-17(15,16)12-10-6-2-4-9(8-10)5-3-7-11(13)14/h2,4,6,8,12H,3,5,7H2,1H3,(H,13,14). The summed E-state index contributed by atoms with van der Waals surface area (Å²) in [6, 6.07) is 6.95. The minimum Gasteiger partial charge on any atom is -0.481 e. The third-order valence-corrected chi connectivity index (χ3v) is 2.69. The van der Waals surface area contributed by atoms with Gasteiger partial charge in [-0.25, -0.2) is 8.42 Å². The molecule has 0 aliphatic rings. The maximum atomic E-state index is 11.0. The van der Waals surface area contributed by atoms with Crippen LogP contribution in [-0.2, 0) is 21.2 Å². The van der Waals surface area contributed by atoms with Gasteiger partial charge in [-0.2, -0.15) is 0 Å². The lowest BCUT2D eigenvalue weighted by Crippen LogP contribution is -2.09. The lowest BCUT2D eigenvalue weighted by molar-refractivity contribution is -0.137. The Morgan fingerprint density at radius 1 is 1.41 bits per heavy atom. The second-order valence-corrected chi connectivity index (χ2v) is 5.57. The number of aliphatic carboxylic acids is 1. The number of hydrogen-bond acceptors (Lipinski definition) is 3. The highest BCUT2D eigenvalue weighted by molar-refractivity contribution is 7.92. The number of carboxylic acids is 1. The van der Waals surface area contributed by atoms with Gasteiger partial charge in [0.1, 0.15) is 0 Å². The lowest BCUT2D eigenvalue weighted by atomic mass is 10.1. The van der Waals surface area contributed by atoms with Crippen molar-refractivity contribution in [1.82, 2.24) is 0 Å². The number of carbonyl (C=O) groups is 1. The predicted octanol–water partition coefficient (Wildman–Crippen LogP) is 1.47. The molecule has 0 heterocycles. The fraction of sp³-hybridized carbons (Fsp3) is 0.364. The highest BCUT2D eigenvalue weighted by Gasteiger charge is 2.03. The third-order valence-electron chi connectivity index (χ3n) is 2.09. The van der Waals surface area contributed by atoms with Gasteiger partial charge in [0, 0.05) is 12.1 Å². The summed E-state index contributed by atoms with van der Waals surface area (Å²) < 4.78 is 24.4. The van der Waals surface area contributed by atoms with Crippen LogP contribution in [0.1, 0.15) is 18.4 Å². The highest BCUT2D eigenvalue weighted by atomic mass is 32.2. The Morgan fingerprint density at radius 3 is 2.71 bits per heavy atom. The average Bonchev–Trinajstić information content (AvgIpc) is 2.14. The molecule has 0 unspecified atom stereocenters. The van der Waals surface area contributed by atoms with E-state index in [2.05, 4.69) is 4.72 Å². The Labute approximate surface area is 101 Å². The molecule has 1 rings (SSSR count). The number of anilines is 1. The molecule has 0 aliphatic carbocycles. The Kier molecular flexibility index (Phi) is 4.51. The Balaban J connectivity index is 2.63. The molecule has 2 N–H and O–H groups in total. The molecule has 0 saturated carbocycles. The molecule has 0 bridgehead atoms. The van der Waals surface area contributed by atoms with Gasteiger partial charge >= 0.3 is 5.97 Å². The molecule has 6 heteroatoms. The summed E-state index contributed by atoms with van der Waals surface area (Å²) in [7, 11) is -3.27. The van der Waals surface area contributed by atoms with E-state index in [1.54, 1.807) is 18.2 Å². The zero-order chi connectivity index (χ0) is 12.9. The number of sulfonamides is 1. The first-order chi connectivity index (χ1) is 7.87. The molecule has 94 valence electrons. The summed E-state index contributed by atoms with van der Waals surface area (Å²) in [6.45, 7) is 0. The van der Waals surface area contributed by atoms with Crippen LogP contribution in [0.3, 0.4) is 0 Å². The minimum absolute atomic E-state index is 0.115. The summed E-state index contributed by atoms with van der Waals surface area (Å²) in [5.74, 6) is -0.824. The Hall–Kier alpha value is -1.56. The summed E-state index contributed by atoms with van der Waals surface area (Å²) >= 11 is 0. The van der Waals surface area contributed by atoms with Crippen LogP contribution in [0.5, 0.6) is 0 Å². The number of hydrogen-bond donors (Lipinski definition) is 2. The monoisotopic (exact) mass is 257 g/mol. The van der Waals surface area contributed by atoms with Gasteiger partial charge in [0.05, 0.1) is 6.26 Å². The molecule has 0 atom stereocenters.